The zero-order chi connectivity index (χ0) is 21.3. The van der Waals surface area contributed by atoms with E-state index in [-0.39, 0.29) is 12.4 Å². The first kappa shape index (κ1) is 20.3. The minimum absolute atomic E-state index is 0.0377. The molecule has 0 bridgehead atoms. The molecule has 0 spiro atoms. The number of fused-ring (bicyclic) bond motifs is 1. The van der Waals surface area contributed by atoms with Crippen LogP contribution in [0.15, 0.2) is 42.0 Å². The van der Waals surface area contributed by atoms with Crippen LogP contribution in [0.3, 0.4) is 0 Å². The second-order valence-corrected chi connectivity index (χ2v) is 8.38. The average Bonchev–Trinajstić information content (AvgIpc) is 3.30. The third-order valence-corrected chi connectivity index (χ3v) is 6.25. The number of benzene rings is 1. The minimum atomic E-state index is -0.0499. The molecule has 1 aromatic carbocycles. The van der Waals surface area contributed by atoms with Gasteiger partial charge in [-0.1, -0.05) is 36.8 Å². The molecule has 30 heavy (non-hydrogen) atoms. The molecule has 0 N–H and O–H groups in total. The molecule has 0 fully saturated rings. The number of carbonyl (C=O) groups is 1. The summed E-state index contributed by atoms with van der Waals surface area (Å²) in [6.07, 6.45) is 2.52. The van der Waals surface area contributed by atoms with Crippen LogP contribution in [-0.4, -0.2) is 26.9 Å². The van der Waals surface area contributed by atoms with E-state index in [4.69, 9.17) is 4.74 Å². The van der Waals surface area contributed by atoms with Crippen LogP contribution in [0, 0.1) is 20.8 Å². The molecule has 4 rings (SSSR count). The SMILES string of the molecule is CCCn1c(C)cc(C(=O)COc2ncnc3scc(-c4ccc(C)cc4)c23)c1C. The first-order valence-corrected chi connectivity index (χ1v) is 11.0. The molecule has 6 heteroatoms. The van der Waals surface area contributed by atoms with Crippen LogP contribution in [0.25, 0.3) is 21.3 Å². The highest BCUT2D eigenvalue weighted by Crippen LogP contribution is 2.37. The molecule has 0 amide bonds. The molecule has 4 aromatic rings. The van der Waals surface area contributed by atoms with Crippen molar-refractivity contribution < 1.29 is 9.53 Å². The highest BCUT2D eigenvalue weighted by molar-refractivity contribution is 7.17. The number of ether oxygens (including phenoxy) is 1. The normalized spacial score (nSPS) is 11.2. The molecule has 0 radical (unpaired) electrons. The van der Waals surface area contributed by atoms with Gasteiger partial charge in [-0.2, -0.15) is 0 Å². The number of aromatic nitrogens is 3. The molecule has 5 nitrogen and oxygen atoms in total. The fourth-order valence-corrected chi connectivity index (χ4v) is 4.67. The Morgan fingerprint density at radius 3 is 2.63 bits per heavy atom. The Morgan fingerprint density at radius 2 is 1.90 bits per heavy atom. The fraction of sp³-hybridized carbons (Fsp3) is 0.292. The monoisotopic (exact) mass is 419 g/mol. The largest absolute Gasteiger partial charge is 0.469 e. The Kier molecular flexibility index (Phi) is 5.68. The quantitative estimate of drug-likeness (QED) is 0.358. The molecule has 3 aromatic heterocycles. The van der Waals surface area contributed by atoms with E-state index in [1.807, 2.05) is 19.9 Å². The van der Waals surface area contributed by atoms with Gasteiger partial charge in [-0.3, -0.25) is 4.79 Å². The summed E-state index contributed by atoms with van der Waals surface area (Å²) in [6, 6.07) is 10.3. The average molecular weight is 420 g/mol. The number of aryl methyl sites for hydroxylation is 2. The summed E-state index contributed by atoms with van der Waals surface area (Å²) in [4.78, 5) is 22.5. The van der Waals surface area contributed by atoms with E-state index in [1.54, 1.807) is 11.3 Å². The molecular formula is C24H25N3O2S. The maximum Gasteiger partial charge on any atom is 0.226 e. The Morgan fingerprint density at radius 1 is 1.13 bits per heavy atom. The lowest BCUT2D eigenvalue weighted by molar-refractivity contribution is 0.0918. The minimum Gasteiger partial charge on any atom is -0.469 e. The van der Waals surface area contributed by atoms with Crippen molar-refractivity contribution >= 4 is 27.3 Å². The second kappa shape index (κ2) is 8.40. The van der Waals surface area contributed by atoms with Gasteiger partial charge in [-0.15, -0.1) is 11.3 Å². The summed E-state index contributed by atoms with van der Waals surface area (Å²) in [5.41, 5.74) is 6.13. The molecule has 0 saturated carbocycles. The number of hydrogen-bond donors (Lipinski definition) is 0. The van der Waals surface area contributed by atoms with E-state index in [2.05, 4.69) is 58.0 Å². The highest BCUT2D eigenvalue weighted by Gasteiger charge is 2.19. The van der Waals surface area contributed by atoms with Crippen molar-refractivity contribution in [1.29, 1.82) is 0 Å². The highest BCUT2D eigenvalue weighted by atomic mass is 32.1. The van der Waals surface area contributed by atoms with Gasteiger partial charge in [0.1, 0.15) is 11.2 Å². The third kappa shape index (κ3) is 3.75. The number of ketones is 1. The van der Waals surface area contributed by atoms with Crippen molar-refractivity contribution in [3.63, 3.8) is 0 Å². The van der Waals surface area contributed by atoms with Crippen molar-refractivity contribution in [3.05, 3.63) is 64.6 Å². The van der Waals surface area contributed by atoms with Gasteiger partial charge < -0.3 is 9.30 Å². The Hall–Kier alpha value is -2.99. The Bertz CT molecular complexity index is 1210. The van der Waals surface area contributed by atoms with Crippen molar-refractivity contribution in [1.82, 2.24) is 14.5 Å². The second-order valence-electron chi connectivity index (χ2n) is 7.52. The van der Waals surface area contributed by atoms with Gasteiger partial charge >= 0.3 is 0 Å². The Labute approximate surface area is 180 Å². The molecule has 0 aliphatic carbocycles. The summed E-state index contributed by atoms with van der Waals surface area (Å²) < 4.78 is 8.13. The number of carbonyl (C=O) groups excluding carboxylic acids is 1. The number of thiophene rings is 1. The third-order valence-electron chi connectivity index (χ3n) is 5.36. The maximum atomic E-state index is 12.9. The van der Waals surface area contributed by atoms with Gasteiger partial charge in [0, 0.05) is 34.4 Å². The smallest absolute Gasteiger partial charge is 0.226 e. The van der Waals surface area contributed by atoms with Crippen LogP contribution in [0.1, 0.15) is 40.7 Å². The van der Waals surface area contributed by atoms with Crippen LogP contribution in [0.2, 0.25) is 0 Å². The van der Waals surface area contributed by atoms with Gasteiger partial charge in [-0.25, -0.2) is 9.97 Å². The van der Waals surface area contributed by atoms with Gasteiger partial charge in [0.15, 0.2) is 6.61 Å². The molecule has 0 atom stereocenters. The van der Waals surface area contributed by atoms with E-state index in [0.717, 1.165) is 51.3 Å². The van der Waals surface area contributed by atoms with Gasteiger partial charge in [0.05, 0.1) is 5.39 Å². The Balaban J connectivity index is 1.62. The molecule has 154 valence electrons. The maximum absolute atomic E-state index is 12.9. The van der Waals surface area contributed by atoms with Crippen molar-refractivity contribution in [2.24, 2.45) is 0 Å². The standard InChI is InChI=1S/C24H25N3O2S/c1-5-10-27-16(3)11-19(17(27)4)21(28)12-29-23-22-20(13-30-24(22)26-14-25-23)18-8-6-15(2)7-9-18/h6-9,11,13-14H,5,10,12H2,1-4H3. The number of rotatable bonds is 7. The van der Waals surface area contributed by atoms with Crippen LogP contribution in [-0.2, 0) is 6.54 Å². The van der Waals surface area contributed by atoms with Crippen LogP contribution < -0.4 is 4.74 Å². The topological polar surface area (TPSA) is 57.0 Å². The van der Waals surface area contributed by atoms with E-state index in [1.165, 1.54) is 11.9 Å². The van der Waals surface area contributed by atoms with E-state index in [0.29, 0.717) is 5.88 Å². The van der Waals surface area contributed by atoms with Crippen molar-refractivity contribution in [2.45, 2.75) is 40.7 Å². The van der Waals surface area contributed by atoms with Gasteiger partial charge in [0.25, 0.3) is 0 Å². The lowest BCUT2D eigenvalue weighted by Gasteiger charge is -2.09. The predicted octanol–water partition coefficient (Wildman–Crippen LogP) is 5.76. The summed E-state index contributed by atoms with van der Waals surface area (Å²) in [5, 5.41) is 2.92. The summed E-state index contributed by atoms with van der Waals surface area (Å²) >= 11 is 1.55. The van der Waals surface area contributed by atoms with Crippen molar-refractivity contribution in [3.8, 4) is 17.0 Å². The van der Waals surface area contributed by atoms with Crippen LogP contribution >= 0.6 is 11.3 Å². The lowest BCUT2D eigenvalue weighted by Crippen LogP contribution is -2.13. The number of nitrogens with zero attached hydrogens (tertiary/aromatic N) is 3. The molecule has 0 aliphatic rings. The molecule has 3 heterocycles. The summed E-state index contributed by atoms with van der Waals surface area (Å²) in [6.45, 7) is 9.09. The van der Waals surface area contributed by atoms with Crippen LogP contribution in [0.4, 0.5) is 0 Å². The van der Waals surface area contributed by atoms with Crippen molar-refractivity contribution in [2.75, 3.05) is 6.61 Å². The predicted molar refractivity (Wildman–Crippen MR) is 122 cm³/mol. The first-order chi connectivity index (χ1) is 14.5. The number of Topliss-reactive ketones (excluding diaryl/α,β-unsaturated/α-hetero) is 1. The van der Waals surface area contributed by atoms with Gasteiger partial charge in [0.2, 0.25) is 11.7 Å². The van der Waals surface area contributed by atoms with E-state index >= 15 is 0 Å². The molecule has 0 unspecified atom stereocenters. The lowest BCUT2D eigenvalue weighted by atomic mass is 10.0. The number of hydrogen-bond acceptors (Lipinski definition) is 5. The van der Waals surface area contributed by atoms with Gasteiger partial charge in [-0.05, 0) is 38.8 Å². The summed E-state index contributed by atoms with van der Waals surface area (Å²) in [5.74, 6) is 0.414. The molecular weight excluding hydrogens is 394 g/mol. The van der Waals surface area contributed by atoms with Crippen LogP contribution in [0.5, 0.6) is 5.88 Å². The van der Waals surface area contributed by atoms with E-state index < -0.39 is 0 Å². The molecule has 0 saturated heterocycles. The zero-order valence-corrected chi connectivity index (χ0v) is 18.5. The molecule has 0 aliphatic heterocycles. The van der Waals surface area contributed by atoms with E-state index in [9.17, 15) is 4.79 Å². The zero-order valence-electron chi connectivity index (χ0n) is 17.7. The fourth-order valence-electron chi connectivity index (χ4n) is 3.77. The first-order valence-electron chi connectivity index (χ1n) is 10.1. The summed E-state index contributed by atoms with van der Waals surface area (Å²) in [7, 11) is 0.